The van der Waals surface area contributed by atoms with Crippen molar-refractivity contribution in [1.29, 1.82) is 0 Å². The second kappa shape index (κ2) is 6.12. The minimum absolute atomic E-state index is 0.117. The summed E-state index contributed by atoms with van der Waals surface area (Å²) in [7, 11) is 3.26. The quantitative estimate of drug-likeness (QED) is 0.762. The summed E-state index contributed by atoms with van der Waals surface area (Å²) < 4.78 is 10.7. The maximum atomic E-state index is 6.48. The van der Waals surface area contributed by atoms with Gasteiger partial charge in [-0.25, -0.2) is 0 Å². The van der Waals surface area contributed by atoms with E-state index in [0.717, 1.165) is 17.7 Å². The van der Waals surface area contributed by atoms with Crippen LogP contribution in [0, 0.1) is 0 Å². The van der Waals surface area contributed by atoms with Crippen LogP contribution in [0.1, 0.15) is 15.8 Å². The number of halogens is 1. The smallest absolute Gasteiger partial charge is 0.165 e. The molecule has 1 atom stereocenters. The normalized spacial score (nSPS) is 12.2. The molecule has 0 amide bonds. The molecule has 0 aliphatic carbocycles. The van der Waals surface area contributed by atoms with Crippen molar-refractivity contribution in [2.75, 3.05) is 14.2 Å². The molecule has 0 saturated carbocycles. The lowest BCUT2D eigenvalue weighted by Gasteiger charge is -2.16. The molecular weight excluding hydrogens is 268 g/mol. The van der Waals surface area contributed by atoms with Crippen LogP contribution in [0.5, 0.6) is 11.5 Å². The summed E-state index contributed by atoms with van der Waals surface area (Å²) >= 11 is 8.19. The Hall–Kier alpha value is -1.19. The molecule has 1 aromatic heterocycles. The van der Waals surface area contributed by atoms with Gasteiger partial charge in [0.25, 0.3) is 0 Å². The highest BCUT2D eigenvalue weighted by Crippen LogP contribution is 2.38. The molecule has 18 heavy (non-hydrogen) atoms. The van der Waals surface area contributed by atoms with Crippen molar-refractivity contribution in [2.24, 2.45) is 0 Å². The van der Waals surface area contributed by atoms with Gasteiger partial charge in [-0.2, -0.15) is 0 Å². The van der Waals surface area contributed by atoms with E-state index in [1.165, 1.54) is 4.88 Å². The van der Waals surface area contributed by atoms with E-state index in [9.17, 15) is 0 Å². The largest absolute Gasteiger partial charge is 0.493 e. The summed E-state index contributed by atoms with van der Waals surface area (Å²) in [5, 5.41) is 1.94. The number of ether oxygens (including phenoxy) is 2. The van der Waals surface area contributed by atoms with Gasteiger partial charge in [0.1, 0.15) is 0 Å². The fourth-order valence-electron chi connectivity index (χ4n) is 1.87. The number of alkyl halides is 1. The second-order valence-corrected chi connectivity index (χ2v) is 5.39. The van der Waals surface area contributed by atoms with E-state index in [1.807, 2.05) is 24.3 Å². The zero-order chi connectivity index (χ0) is 13.0. The third kappa shape index (κ3) is 2.79. The van der Waals surface area contributed by atoms with E-state index in [-0.39, 0.29) is 5.38 Å². The van der Waals surface area contributed by atoms with Crippen molar-refractivity contribution in [2.45, 2.75) is 11.8 Å². The van der Waals surface area contributed by atoms with Crippen LogP contribution in [-0.2, 0) is 6.42 Å². The lowest BCUT2D eigenvalue weighted by atomic mass is 10.1. The number of rotatable bonds is 5. The number of para-hydroxylation sites is 1. The standard InChI is InChI=1S/C14H15ClO2S/c1-16-13-7-3-6-11(14(13)17-2)12(15)9-10-5-4-8-18-10/h3-8,12H,9H2,1-2H3. The molecule has 1 aromatic carbocycles. The number of methoxy groups -OCH3 is 2. The molecule has 0 spiro atoms. The van der Waals surface area contributed by atoms with Crippen LogP contribution in [-0.4, -0.2) is 14.2 Å². The fourth-order valence-corrected chi connectivity index (χ4v) is 3.06. The van der Waals surface area contributed by atoms with Gasteiger partial charge in [-0.1, -0.05) is 18.2 Å². The van der Waals surface area contributed by atoms with Gasteiger partial charge in [-0.15, -0.1) is 22.9 Å². The van der Waals surface area contributed by atoms with Gasteiger partial charge in [0.05, 0.1) is 19.6 Å². The van der Waals surface area contributed by atoms with Crippen LogP contribution in [0.2, 0.25) is 0 Å². The zero-order valence-electron chi connectivity index (χ0n) is 10.4. The van der Waals surface area contributed by atoms with Crippen molar-refractivity contribution in [3.63, 3.8) is 0 Å². The Bertz CT molecular complexity index is 497. The molecule has 96 valence electrons. The van der Waals surface area contributed by atoms with E-state index in [1.54, 1.807) is 25.6 Å². The predicted octanol–water partition coefficient (Wildman–Crippen LogP) is 4.29. The first-order valence-corrected chi connectivity index (χ1v) is 6.95. The molecule has 4 heteroatoms. The SMILES string of the molecule is COc1cccc(C(Cl)Cc2cccs2)c1OC. The minimum Gasteiger partial charge on any atom is -0.493 e. The highest BCUT2D eigenvalue weighted by atomic mass is 35.5. The lowest BCUT2D eigenvalue weighted by molar-refractivity contribution is 0.351. The number of hydrogen-bond acceptors (Lipinski definition) is 3. The van der Waals surface area contributed by atoms with Gasteiger partial charge in [0, 0.05) is 16.9 Å². The van der Waals surface area contributed by atoms with Crippen molar-refractivity contribution in [3.8, 4) is 11.5 Å². The van der Waals surface area contributed by atoms with Gasteiger partial charge < -0.3 is 9.47 Å². The molecule has 0 aliphatic heterocycles. The molecule has 0 bridgehead atoms. The minimum atomic E-state index is -0.117. The Kier molecular flexibility index (Phi) is 4.50. The second-order valence-electron chi connectivity index (χ2n) is 3.83. The van der Waals surface area contributed by atoms with Crippen molar-refractivity contribution in [1.82, 2.24) is 0 Å². The molecule has 1 heterocycles. The molecule has 1 unspecified atom stereocenters. The highest BCUT2D eigenvalue weighted by Gasteiger charge is 2.17. The molecule has 2 nitrogen and oxygen atoms in total. The Morgan fingerprint density at radius 1 is 1.17 bits per heavy atom. The van der Waals surface area contributed by atoms with Gasteiger partial charge in [0.2, 0.25) is 0 Å². The Morgan fingerprint density at radius 3 is 2.61 bits per heavy atom. The Morgan fingerprint density at radius 2 is 2.00 bits per heavy atom. The van der Waals surface area contributed by atoms with E-state index in [2.05, 4.69) is 11.4 Å². The van der Waals surface area contributed by atoms with E-state index >= 15 is 0 Å². The Balaban J connectivity index is 2.26. The molecule has 0 N–H and O–H groups in total. The summed E-state index contributed by atoms with van der Waals surface area (Å²) in [5.74, 6) is 1.43. The third-order valence-electron chi connectivity index (χ3n) is 2.73. The summed E-state index contributed by atoms with van der Waals surface area (Å²) in [6.45, 7) is 0. The molecule has 2 rings (SSSR count). The molecular formula is C14H15ClO2S. The fraction of sp³-hybridized carbons (Fsp3) is 0.286. The average molecular weight is 283 g/mol. The average Bonchev–Trinajstić information content (AvgIpc) is 2.90. The molecule has 0 fully saturated rings. The molecule has 0 saturated heterocycles. The number of benzene rings is 1. The molecule has 0 aliphatic rings. The zero-order valence-corrected chi connectivity index (χ0v) is 11.9. The van der Waals surface area contributed by atoms with Crippen LogP contribution in [0.25, 0.3) is 0 Å². The molecule has 2 aromatic rings. The maximum Gasteiger partial charge on any atom is 0.165 e. The van der Waals surface area contributed by atoms with Gasteiger partial charge in [0.15, 0.2) is 11.5 Å². The van der Waals surface area contributed by atoms with Crippen LogP contribution < -0.4 is 9.47 Å². The van der Waals surface area contributed by atoms with Crippen LogP contribution >= 0.6 is 22.9 Å². The predicted molar refractivity (Wildman–Crippen MR) is 76.2 cm³/mol. The summed E-state index contributed by atoms with van der Waals surface area (Å²) in [6, 6.07) is 9.91. The van der Waals surface area contributed by atoms with Crippen LogP contribution in [0.4, 0.5) is 0 Å². The number of thiophene rings is 1. The summed E-state index contributed by atoms with van der Waals surface area (Å²) in [4.78, 5) is 1.26. The van der Waals surface area contributed by atoms with Crippen molar-refractivity contribution >= 4 is 22.9 Å². The number of hydrogen-bond donors (Lipinski definition) is 0. The third-order valence-corrected chi connectivity index (χ3v) is 4.02. The Labute approximate surface area is 116 Å². The van der Waals surface area contributed by atoms with E-state index in [0.29, 0.717) is 5.75 Å². The van der Waals surface area contributed by atoms with Crippen molar-refractivity contribution < 1.29 is 9.47 Å². The summed E-state index contributed by atoms with van der Waals surface area (Å²) in [5.41, 5.74) is 0.965. The first-order chi connectivity index (χ1) is 8.76. The van der Waals surface area contributed by atoms with Gasteiger partial charge >= 0.3 is 0 Å². The van der Waals surface area contributed by atoms with Crippen molar-refractivity contribution in [3.05, 3.63) is 46.2 Å². The monoisotopic (exact) mass is 282 g/mol. The maximum absolute atomic E-state index is 6.48. The van der Waals surface area contributed by atoms with Crippen LogP contribution in [0.15, 0.2) is 35.7 Å². The van der Waals surface area contributed by atoms with Gasteiger partial charge in [-0.05, 0) is 17.5 Å². The topological polar surface area (TPSA) is 18.5 Å². The highest BCUT2D eigenvalue weighted by molar-refractivity contribution is 7.09. The van der Waals surface area contributed by atoms with E-state index < -0.39 is 0 Å². The molecule has 0 radical (unpaired) electrons. The first-order valence-electron chi connectivity index (χ1n) is 5.63. The first kappa shape index (κ1) is 13.2. The lowest BCUT2D eigenvalue weighted by Crippen LogP contribution is -2.00. The van der Waals surface area contributed by atoms with Crippen LogP contribution in [0.3, 0.4) is 0 Å². The van der Waals surface area contributed by atoms with Gasteiger partial charge in [-0.3, -0.25) is 0 Å². The van der Waals surface area contributed by atoms with E-state index in [4.69, 9.17) is 21.1 Å². The summed E-state index contributed by atoms with van der Waals surface area (Å²) in [6.07, 6.45) is 0.794.